The fourth-order valence-electron chi connectivity index (χ4n) is 2.68. The second-order valence-corrected chi connectivity index (χ2v) is 6.59. The zero-order valence-corrected chi connectivity index (χ0v) is 15.1. The molecular formula is C20H19F3N2O3. The van der Waals surface area contributed by atoms with Crippen LogP contribution in [0.1, 0.15) is 24.0 Å². The number of benzene rings is 2. The fourth-order valence-corrected chi connectivity index (χ4v) is 2.68. The van der Waals surface area contributed by atoms with Crippen LogP contribution in [0.5, 0.6) is 5.75 Å². The van der Waals surface area contributed by atoms with Crippen molar-refractivity contribution >= 4 is 23.2 Å². The van der Waals surface area contributed by atoms with Crippen LogP contribution < -0.4 is 15.4 Å². The van der Waals surface area contributed by atoms with Crippen molar-refractivity contribution in [2.24, 2.45) is 5.92 Å². The quantitative estimate of drug-likeness (QED) is 0.773. The lowest BCUT2D eigenvalue weighted by Gasteiger charge is -2.16. The maximum Gasteiger partial charge on any atom is 0.418 e. The smallest absolute Gasteiger partial charge is 0.418 e. The molecule has 3 rings (SSSR count). The van der Waals surface area contributed by atoms with E-state index in [0.717, 1.165) is 25.0 Å². The molecule has 0 heterocycles. The van der Waals surface area contributed by atoms with Crippen LogP contribution in [0.15, 0.2) is 42.5 Å². The molecule has 2 N–H and O–H groups in total. The average Bonchev–Trinajstić information content (AvgIpc) is 3.48. The minimum atomic E-state index is -4.68. The third-order valence-electron chi connectivity index (χ3n) is 4.34. The monoisotopic (exact) mass is 392 g/mol. The van der Waals surface area contributed by atoms with Crippen LogP contribution in [-0.4, -0.2) is 18.9 Å². The first-order valence-corrected chi connectivity index (χ1v) is 8.71. The lowest BCUT2D eigenvalue weighted by molar-refractivity contribution is -0.137. The summed E-state index contributed by atoms with van der Waals surface area (Å²) >= 11 is 0. The molecule has 1 fully saturated rings. The normalized spacial score (nSPS) is 13.7. The van der Waals surface area contributed by atoms with E-state index in [2.05, 4.69) is 10.6 Å². The van der Waals surface area contributed by atoms with Crippen LogP contribution in [0.25, 0.3) is 0 Å². The maximum absolute atomic E-state index is 13.4. The van der Waals surface area contributed by atoms with Gasteiger partial charge in [0.15, 0.2) is 0 Å². The number of halogens is 3. The third-order valence-corrected chi connectivity index (χ3v) is 4.34. The van der Waals surface area contributed by atoms with Crippen molar-refractivity contribution in [1.29, 1.82) is 0 Å². The van der Waals surface area contributed by atoms with Crippen molar-refractivity contribution in [3.05, 3.63) is 53.6 Å². The molecule has 28 heavy (non-hydrogen) atoms. The molecule has 1 aliphatic rings. The summed E-state index contributed by atoms with van der Waals surface area (Å²) in [5.74, 6) is -0.375. The van der Waals surface area contributed by atoms with E-state index in [1.807, 2.05) is 0 Å². The predicted molar refractivity (Wildman–Crippen MR) is 98.1 cm³/mol. The number of rotatable bonds is 6. The van der Waals surface area contributed by atoms with E-state index in [1.54, 1.807) is 24.3 Å². The Morgan fingerprint density at radius 2 is 1.75 bits per heavy atom. The molecule has 5 nitrogen and oxygen atoms in total. The fraction of sp³-hybridized carbons (Fsp3) is 0.300. The molecule has 8 heteroatoms. The van der Waals surface area contributed by atoms with Gasteiger partial charge in [-0.15, -0.1) is 0 Å². The number of methoxy groups -OCH3 is 1. The van der Waals surface area contributed by atoms with E-state index < -0.39 is 17.6 Å². The number of carbonyl (C=O) groups excluding carboxylic acids is 2. The van der Waals surface area contributed by atoms with Gasteiger partial charge >= 0.3 is 6.18 Å². The topological polar surface area (TPSA) is 67.4 Å². The molecule has 1 saturated carbocycles. The Hall–Kier alpha value is -3.03. The van der Waals surface area contributed by atoms with Gasteiger partial charge in [0, 0.05) is 11.6 Å². The molecule has 0 aromatic heterocycles. The van der Waals surface area contributed by atoms with Gasteiger partial charge in [-0.2, -0.15) is 13.2 Å². The summed E-state index contributed by atoms with van der Waals surface area (Å²) in [7, 11) is 1.51. The highest BCUT2D eigenvalue weighted by Gasteiger charge is 2.35. The molecule has 1 aliphatic carbocycles. The van der Waals surface area contributed by atoms with Crippen LogP contribution in [0.2, 0.25) is 0 Å². The van der Waals surface area contributed by atoms with E-state index in [9.17, 15) is 22.8 Å². The Morgan fingerprint density at radius 3 is 2.32 bits per heavy atom. The first-order valence-electron chi connectivity index (χ1n) is 8.71. The molecule has 0 saturated heterocycles. The maximum atomic E-state index is 13.4. The lowest BCUT2D eigenvalue weighted by Crippen LogP contribution is -2.19. The van der Waals surface area contributed by atoms with Gasteiger partial charge in [0.2, 0.25) is 11.8 Å². The Kier molecular flexibility index (Phi) is 5.58. The summed E-state index contributed by atoms with van der Waals surface area (Å²) in [5, 5.41) is 4.79. The molecule has 0 spiro atoms. The zero-order valence-electron chi connectivity index (χ0n) is 15.1. The van der Waals surface area contributed by atoms with Crippen LogP contribution in [0, 0.1) is 5.92 Å². The molecule has 0 atom stereocenters. The number of nitrogens with one attached hydrogen (secondary N) is 2. The van der Waals surface area contributed by atoms with E-state index in [-0.39, 0.29) is 29.6 Å². The molecule has 0 bridgehead atoms. The van der Waals surface area contributed by atoms with Gasteiger partial charge in [-0.3, -0.25) is 9.59 Å². The number of amides is 2. The van der Waals surface area contributed by atoms with Crippen molar-refractivity contribution in [1.82, 2.24) is 0 Å². The Balaban J connectivity index is 1.73. The second kappa shape index (κ2) is 7.92. The summed E-state index contributed by atoms with van der Waals surface area (Å²) < 4.78 is 45.3. The van der Waals surface area contributed by atoms with Crippen molar-refractivity contribution < 1.29 is 27.5 Å². The van der Waals surface area contributed by atoms with Crippen molar-refractivity contribution in [2.75, 3.05) is 17.7 Å². The molecular weight excluding hydrogens is 373 g/mol. The van der Waals surface area contributed by atoms with Crippen LogP contribution in [0.3, 0.4) is 0 Å². The Morgan fingerprint density at radius 1 is 1.07 bits per heavy atom. The number of carbonyl (C=O) groups is 2. The number of alkyl halides is 3. The van der Waals surface area contributed by atoms with Gasteiger partial charge in [-0.25, -0.2) is 0 Å². The van der Waals surface area contributed by atoms with Gasteiger partial charge in [-0.05, 0) is 48.7 Å². The summed E-state index contributed by atoms with van der Waals surface area (Å²) in [4.78, 5) is 24.0. The number of hydrogen-bond acceptors (Lipinski definition) is 3. The van der Waals surface area contributed by atoms with Gasteiger partial charge in [0.1, 0.15) is 5.75 Å². The minimum Gasteiger partial charge on any atom is -0.497 e. The third kappa shape index (κ3) is 5.03. The standard InChI is InChI=1S/C20H19F3N2O3/c1-28-15-7-2-12(3-8-15)10-18(26)25-17-9-6-14(11-16(17)20(21,22)23)24-19(27)13-4-5-13/h2-3,6-9,11,13H,4-5,10H2,1H3,(H,24,27)(H,25,26). The molecule has 0 radical (unpaired) electrons. The van der Waals surface area contributed by atoms with Crippen molar-refractivity contribution in [2.45, 2.75) is 25.4 Å². The van der Waals surface area contributed by atoms with Crippen LogP contribution >= 0.6 is 0 Å². The van der Waals surface area contributed by atoms with Crippen molar-refractivity contribution in [3.8, 4) is 5.75 Å². The van der Waals surface area contributed by atoms with Gasteiger partial charge in [-0.1, -0.05) is 12.1 Å². The predicted octanol–water partition coefficient (Wildman–Crippen LogP) is 4.24. The first-order chi connectivity index (χ1) is 13.3. The molecule has 2 amide bonds. The zero-order chi connectivity index (χ0) is 20.3. The summed E-state index contributed by atoms with van der Waals surface area (Å²) in [6.07, 6.45) is -3.26. The van der Waals surface area contributed by atoms with Gasteiger partial charge in [0.05, 0.1) is 24.8 Å². The van der Waals surface area contributed by atoms with E-state index in [0.29, 0.717) is 11.3 Å². The molecule has 0 aliphatic heterocycles. The van der Waals surface area contributed by atoms with Gasteiger partial charge in [0.25, 0.3) is 0 Å². The van der Waals surface area contributed by atoms with E-state index >= 15 is 0 Å². The number of ether oxygens (including phenoxy) is 1. The minimum absolute atomic E-state index is 0.0531. The number of hydrogen-bond donors (Lipinski definition) is 2. The molecule has 148 valence electrons. The average molecular weight is 392 g/mol. The summed E-state index contributed by atoms with van der Waals surface area (Å²) in [6.45, 7) is 0. The first kappa shape index (κ1) is 19.7. The van der Waals surface area contributed by atoms with Gasteiger partial charge < -0.3 is 15.4 Å². The van der Waals surface area contributed by atoms with Crippen LogP contribution in [0.4, 0.5) is 24.5 Å². The molecule has 2 aromatic rings. The van der Waals surface area contributed by atoms with Crippen LogP contribution in [-0.2, 0) is 22.2 Å². The SMILES string of the molecule is COc1ccc(CC(=O)Nc2ccc(NC(=O)C3CC3)cc2C(F)(F)F)cc1. The van der Waals surface area contributed by atoms with E-state index in [1.165, 1.54) is 13.2 Å². The highest BCUT2D eigenvalue weighted by molar-refractivity contribution is 5.96. The second-order valence-electron chi connectivity index (χ2n) is 6.59. The summed E-state index contributed by atoms with van der Waals surface area (Å²) in [5.41, 5.74) is -0.669. The molecule has 2 aromatic carbocycles. The highest BCUT2D eigenvalue weighted by atomic mass is 19.4. The Bertz CT molecular complexity index is 875. The lowest BCUT2D eigenvalue weighted by atomic mass is 10.1. The largest absolute Gasteiger partial charge is 0.497 e. The van der Waals surface area contributed by atoms with E-state index in [4.69, 9.17) is 4.74 Å². The summed E-state index contributed by atoms with van der Waals surface area (Å²) in [6, 6.07) is 10.0. The highest BCUT2D eigenvalue weighted by Crippen LogP contribution is 2.37. The molecule has 0 unspecified atom stereocenters. The number of anilines is 2. The van der Waals surface area contributed by atoms with Crippen molar-refractivity contribution in [3.63, 3.8) is 0 Å². The Labute approximate surface area is 159 Å².